The predicted octanol–water partition coefficient (Wildman–Crippen LogP) is 5.97. The maximum Gasteiger partial charge on any atom is 0.416 e. The Morgan fingerprint density at radius 1 is 1.07 bits per heavy atom. The first kappa shape index (κ1) is 21.2. The molecule has 0 bridgehead atoms. The minimum atomic E-state index is -4.47. The second kappa shape index (κ2) is 8.46. The van der Waals surface area contributed by atoms with Crippen molar-refractivity contribution in [3.63, 3.8) is 0 Å². The number of aromatic carboxylic acids is 1. The van der Waals surface area contributed by atoms with Gasteiger partial charge in [-0.15, -0.1) is 0 Å². The van der Waals surface area contributed by atoms with Crippen LogP contribution in [0.4, 0.5) is 18.9 Å². The van der Waals surface area contributed by atoms with E-state index in [1.54, 1.807) is 0 Å². The van der Waals surface area contributed by atoms with Gasteiger partial charge < -0.3 is 14.8 Å². The van der Waals surface area contributed by atoms with Crippen LogP contribution in [0.25, 0.3) is 17.4 Å². The Morgan fingerprint density at radius 3 is 2.53 bits per heavy atom. The van der Waals surface area contributed by atoms with E-state index >= 15 is 0 Å². The second-order valence-corrected chi connectivity index (χ2v) is 6.51. The Labute approximate surface area is 173 Å². The quantitative estimate of drug-likeness (QED) is 0.484. The molecule has 30 heavy (non-hydrogen) atoms. The summed E-state index contributed by atoms with van der Waals surface area (Å²) < 4.78 is 44.0. The van der Waals surface area contributed by atoms with Crippen LogP contribution in [0.3, 0.4) is 0 Å². The predicted molar refractivity (Wildman–Crippen MR) is 105 cm³/mol. The molecule has 0 radical (unpaired) electrons. The molecule has 0 saturated heterocycles. The van der Waals surface area contributed by atoms with Crippen LogP contribution >= 0.6 is 11.6 Å². The topological polar surface area (TPSA) is 79.5 Å². The number of rotatable bonds is 5. The first-order valence-corrected chi connectivity index (χ1v) is 8.80. The van der Waals surface area contributed by atoms with Crippen molar-refractivity contribution >= 4 is 35.2 Å². The number of anilines is 1. The summed E-state index contributed by atoms with van der Waals surface area (Å²) in [5, 5.41) is 11.6. The van der Waals surface area contributed by atoms with Gasteiger partial charge in [0.1, 0.15) is 11.5 Å². The Morgan fingerprint density at radius 2 is 1.83 bits per heavy atom. The molecule has 1 aromatic heterocycles. The van der Waals surface area contributed by atoms with E-state index in [1.807, 2.05) is 0 Å². The van der Waals surface area contributed by atoms with Gasteiger partial charge in [-0.05, 0) is 48.5 Å². The lowest BCUT2D eigenvalue weighted by Crippen LogP contribution is -2.09. The van der Waals surface area contributed by atoms with Crippen LogP contribution in [0.15, 0.2) is 65.1 Å². The molecule has 0 aliphatic heterocycles. The molecule has 5 nitrogen and oxygen atoms in total. The largest absolute Gasteiger partial charge is 0.478 e. The number of nitrogens with one attached hydrogen (secondary N) is 1. The highest BCUT2D eigenvalue weighted by atomic mass is 35.5. The third-order valence-electron chi connectivity index (χ3n) is 3.97. The number of carboxylic acids is 1. The number of carbonyl (C=O) groups excluding carboxylic acids is 1. The SMILES string of the molecule is O=C(/C=C/c1ccc(-c2cccc(C(F)(F)F)c2)o1)Nc1cc(C(=O)O)ccc1Cl. The minimum absolute atomic E-state index is 0.0459. The fourth-order valence-electron chi connectivity index (χ4n) is 2.53. The first-order chi connectivity index (χ1) is 14.1. The van der Waals surface area contributed by atoms with Crippen LogP contribution in [0.1, 0.15) is 21.7 Å². The van der Waals surface area contributed by atoms with Crippen molar-refractivity contribution in [1.29, 1.82) is 0 Å². The third-order valence-corrected chi connectivity index (χ3v) is 4.30. The molecule has 0 atom stereocenters. The van der Waals surface area contributed by atoms with Gasteiger partial charge in [0.05, 0.1) is 21.8 Å². The van der Waals surface area contributed by atoms with Gasteiger partial charge >= 0.3 is 12.1 Å². The molecule has 0 saturated carbocycles. The van der Waals surface area contributed by atoms with E-state index < -0.39 is 23.6 Å². The summed E-state index contributed by atoms with van der Waals surface area (Å²) in [7, 11) is 0. The maximum atomic E-state index is 12.8. The summed E-state index contributed by atoms with van der Waals surface area (Å²) in [6.45, 7) is 0. The average Bonchev–Trinajstić information content (AvgIpc) is 3.16. The third kappa shape index (κ3) is 5.09. The van der Waals surface area contributed by atoms with Gasteiger partial charge in [-0.2, -0.15) is 13.2 Å². The highest BCUT2D eigenvalue weighted by molar-refractivity contribution is 6.34. The maximum absolute atomic E-state index is 12.8. The zero-order valence-electron chi connectivity index (χ0n) is 15.0. The lowest BCUT2D eigenvalue weighted by atomic mass is 10.1. The van der Waals surface area contributed by atoms with E-state index in [-0.39, 0.29) is 33.4 Å². The van der Waals surface area contributed by atoms with E-state index in [9.17, 15) is 22.8 Å². The van der Waals surface area contributed by atoms with Crippen molar-refractivity contribution in [2.45, 2.75) is 6.18 Å². The van der Waals surface area contributed by atoms with Crippen molar-refractivity contribution in [1.82, 2.24) is 0 Å². The Hall–Kier alpha value is -3.52. The summed E-state index contributed by atoms with van der Waals surface area (Å²) in [4.78, 5) is 23.1. The number of benzene rings is 2. The lowest BCUT2D eigenvalue weighted by Gasteiger charge is -2.07. The molecule has 3 aromatic rings. The molecular formula is C21H13ClF3NO4. The van der Waals surface area contributed by atoms with Gasteiger partial charge in [-0.1, -0.05) is 23.7 Å². The summed E-state index contributed by atoms with van der Waals surface area (Å²) in [5.41, 5.74) is -0.481. The van der Waals surface area contributed by atoms with E-state index in [2.05, 4.69) is 5.32 Å². The fraction of sp³-hybridized carbons (Fsp3) is 0.0476. The molecule has 0 unspecified atom stereocenters. The molecule has 9 heteroatoms. The van der Waals surface area contributed by atoms with Crippen molar-refractivity contribution in [3.8, 4) is 11.3 Å². The van der Waals surface area contributed by atoms with Crippen molar-refractivity contribution in [3.05, 3.63) is 82.6 Å². The second-order valence-electron chi connectivity index (χ2n) is 6.10. The normalized spacial score (nSPS) is 11.6. The fourth-order valence-corrected chi connectivity index (χ4v) is 2.70. The minimum Gasteiger partial charge on any atom is -0.478 e. The molecule has 1 amide bonds. The number of carboxylic acid groups (broad SMARTS) is 1. The number of alkyl halides is 3. The van der Waals surface area contributed by atoms with Crippen LogP contribution < -0.4 is 5.32 Å². The van der Waals surface area contributed by atoms with Crippen LogP contribution in [-0.2, 0) is 11.0 Å². The van der Waals surface area contributed by atoms with Crippen LogP contribution in [0.5, 0.6) is 0 Å². The molecule has 3 rings (SSSR count). The number of furan rings is 1. The summed E-state index contributed by atoms with van der Waals surface area (Å²) in [6.07, 6.45) is -2.03. The van der Waals surface area contributed by atoms with Crippen LogP contribution in [0, 0.1) is 0 Å². The van der Waals surface area contributed by atoms with E-state index in [1.165, 1.54) is 48.5 Å². The van der Waals surface area contributed by atoms with Crippen molar-refractivity contribution in [2.75, 3.05) is 5.32 Å². The summed E-state index contributed by atoms with van der Waals surface area (Å²) >= 11 is 5.95. The van der Waals surface area contributed by atoms with Crippen molar-refractivity contribution in [2.24, 2.45) is 0 Å². The molecule has 1 heterocycles. The van der Waals surface area contributed by atoms with Gasteiger partial charge in [0.25, 0.3) is 0 Å². The zero-order valence-corrected chi connectivity index (χ0v) is 15.8. The zero-order chi connectivity index (χ0) is 21.9. The van der Waals surface area contributed by atoms with Crippen LogP contribution in [-0.4, -0.2) is 17.0 Å². The standard InChI is InChI=1S/C21H13ClF3NO4/c22-16-7-4-13(20(28)29)11-17(16)26-19(27)9-6-15-5-8-18(30-15)12-2-1-3-14(10-12)21(23,24)25/h1-11H,(H,26,27)(H,28,29)/b9-6+. The molecule has 2 N–H and O–H groups in total. The Bertz CT molecular complexity index is 1140. The van der Waals surface area contributed by atoms with E-state index in [4.69, 9.17) is 21.1 Å². The molecule has 0 aliphatic rings. The van der Waals surface area contributed by atoms with Gasteiger partial charge in [-0.25, -0.2) is 4.79 Å². The first-order valence-electron chi connectivity index (χ1n) is 8.43. The number of amides is 1. The highest BCUT2D eigenvalue weighted by Crippen LogP contribution is 2.32. The van der Waals surface area contributed by atoms with Gasteiger partial charge in [0.15, 0.2) is 0 Å². The molecule has 154 valence electrons. The van der Waals surface area contributed by atoms with Gasteiger partial charge in [0, 0.05) is 11.6 Å². The molecule has 0 fully saturated rings. The number of halogens is 4. The molecule has 0 spiro atoms. The Balaban J connectivity index is 1.73. The molecule has 0 aliphatic carbocycles. The highest BCUT2D eigenvalue weighted by Gasteiger charge is 2.30. The lowest BCUT2D eigenvalue weighted by molar-refractivity contribution is -0.137. The molecule has 2 aromatic carbocycles. The number of hydrogen-bond donors (Lipinski definition) is 2. The number of carbonyl (C=O) groups is 2. The average molecular weight is 436 g/mol. The molecular weight excluding hydrogens is 423 g/mol. The smallest absolute Gasteiger partial charge is 0.416 e. The van der Waals surface area contributed by atoms with Gasteiger partial charge in [-0.3, -0.25) is 4.79 Å². The number of hydrogen-bond acceptors (Lipinski definition) is 3. The van der Waals surface area contributed by atoms with Crippen molar-refractivity contribution < 1.29 is 32.3 Å². The summed E-state index contributed by atoms with van der Waals surface area (Å²) in [5.74, 6) is -1.33. The van der Waals surface area contributed by atoms with Gasteiger partial charge in [0.2, 0.25) is 5.91 Å². The van der Waals surface area contributed by atoms with Crippen LogP contribution in [0.2, 0.25) is 5.02 Å². The summed E-state index contributed by atoms with van der Waals surface area (Å²) in [6, 6.07) is 11.5. The Kier molecular flexibility index (Phi) is 5.98. The van der Waals surface area contributed by atoms with E-state index in [0.717, 1.165) is 18.2 Å². The van der Waals surface area contributed by atoms with E-state index in [0.29, 0.717) is 0 Å². The monoisotopic (exact) mass is 435 g/mol.